The summed E-state index contributed by atoms with van der Waals surface area (Å²) < 4.78 is 0.767. The van der Waals surface area contributed by atoms with Crippen LogP contribution in [-0.2, 0) is 4.79 Å². The second kappa shape index (κ2) is 3.56. The quantitative estimate of drug-likeness (QED) is 0.596. The average molecular weight is 168 g/mol. The van der Waals surface area contributed by atoms with Gasteiger partial charge in [-0.1, -0.05) is 6.07 Å². The molecule has 0 spiro atoms. The highest BCUT2D eigenvalue weighted by Crippen LogP contribution is 1.76. The molecule has 1 aromatic rings. The molecule has 0 aliphatic rings. The minimum Gasteiger partial charge on any atom is -0.480 e. The van der Waals surface area contributed by atoms with Crippen molar-refractivity contribution in [3.63, 3.8) is 0 Å². The predicted molar refractivity (Wildman–Crippen MR) is 39.7 cm³/mol. The van der Waals surface area contributed by atoms with Crippen molar-refractivity contribution >= 4 is 5.97 Å². The lowest BCUT2D eigenvalue weighted by molar-refractivity contribution is -0.135. The van der Waals surface area contributed by atoms with Crippen molar-refractivity contribution in [2.45, 2.75) is 0 Å². The maximum absolute atomic E-state index is 10.1. The Morgan fingerprint density at radius 2 is 2.33 bits per heavy atom. The summed E-state index contributed by atoms with van der Waals surface area (Å²) in [7, 11) is 0. The van der Waals surface area contributed by atoms with Crippen molar-refractivity contribution in [1.29, 1.82) is 0 Å². The first kappa shape index (κ1) is 8.32. The SMILES string of the molecule is O=C(O)CN=c1ccccn1O. The minimum absolute atomic E-state index is 0.222. The van der Waals surface area contributed by atoms with Gasteiger partial charge in [0.05, 0.1) is 0 Å². The number of carboxylic acid groups (broad SMARTS) is 1. The zero-order chi connectivity index (χ0) is 8.97. The van der Waals surface area contributed by atoms with Gasteiger partial charge in [-0.25, -0.2) is 0 Å². The van der Waals surface area contributed by atoms with Crippen molar-refractivity contribution in [3.05, 3.63) is 29.9 Å². The van der Waals surface area contributed by atoms with E-state index in [2.05, 4.69) is 4.99 Å². The number of carboxylic acids is 1. The van der Waals surface area contributed by atoms with Gasteiger partial charge >= 0.3 is 5.97 Å². The molecule has 1 rings (SSSR count). The van der Waals surface area contributed by atoms with Crippen LogP contribution in [-0.4, -0.2) is 27.6 Å². The Morgan fingerprint density at radius 1 is 1.58 bits per heavy atom. The molecule has 12 heavy (non-hydrogen) atoms. The molecule has 0 radical (unpaired) electrons. The number of hydrogen-bond donors (Lipinski definition) is 2. The van der Waals surface area contributed by atoms with Crippen LogP contribution < -0.4 is 5.49 Å². The van der Waals surface area contributed by atoms with Crippen LogP contribution in [0.5, 0.6) is 0 Å². The first-order valence-electron chi connectivity index (χ1n) is 3.29. The van der Waals surface area contributed by atoms with Crippen molar-refractivity contribution in [2.75, 3.05) is 6.54 Å². The number of rotatable bonds is 2. The predicted octanol–water partition coefficient (Wildman–Crippen LogP) is -0.289. The van der Waals surface area contributed by atoms with Gasteiger partial charge in [0.2, 0.25) is 0 Å². The first-order chi connectivity index (χ1) is 5.70. The van der Waals surface area contributed by atoms with Gasteiger partial charge in [-0.15, -0.1) is 0 Å². The summed E-state index contributed by atoms with van der Waals surface area (Å²) in [5, 5.41) is 17.3. The Balaban J connectivity index is 2.94. The summed E-state index contributed by atoms with van der Waals surface area (Å²) in [4.78, 5) is 13.7. The smallest absolute Gasteiger partial charge is 0.325 e. The fourth-order valence-electron chi connectivity index (χ4n) is 0.699. The summed E-state index contributed by atoms with van der Waals surface area (Å²) in [6.07, 6.45) is 1.38. The van der Waals surface area contributed by atoms with E-state index >= 15 is 0 Å². The molecule has 0 aliphatic heterocycles. The molecule has 5 heteroatoms. The molecule has 1 heterocycles. The van der Waals surface area contributed by atoms with Crippen LogP contribution in [0, 0.1) is 0 Å². The number of hydrogen-bond acceptors (Lipinski definition) is 3. The maximum atomic E-state index is 10.1. The third kappa shape index (κ3) is 2.12. The number of nitrogens with zero attached hydrogens (tertiary/aromatic N) is 2. The minimum atomic E-state index is -1.03. The van der Waals surface area contributed by atoms with E-state index in [1.54, 1.807) is 12.1 Å². The molecule has 0 saturated heterocycles. The molecule has 0 aromatic carbocycles. The van der Waals surface area contributed by atoms with E-state index in [-0.39, 0.29) is 12.0 Å². The van der Waals surface area contributed by atoms with Crippen LogP contribution in [0.25, 0.3) is 0 Å². The number of pyridine rings is 1. The van der Waals surface area contributed by atoms with Gasteiger partial charge in [-0.05, 0) is 12.1 Å². The average Bonchev–Trinajstić information content (AvgIpc) is 2.03. The monoisotopic (exact) mass is 168 g/mol. The van der Waals surface area contributed by atoms with Gasteiger partial charge in [0, 0.05) is 6.20 Å². The molecule has 2 N–H and O–H groups in total. The van der Waals surface area contributed by atoms with Crippen molar-refractivity contribution in [1.82, 2.24) is 4.73 Å². The summed E-state index contributed by atoms with van der Waals surface area (Å²) in [5.74, 6) is -1.03. The second-order valence-electron chi connectivity index (χ2n) is 2.11. The third-order valence-corrected chi connectivity index (χ3v) is 1.19. The Kier molecular flexibility index (Phi) is 2.47. The molecule has 0 bridgehead atoms. The molecular formula is C7H8N2O3. The normalized spacial score (nSPS) is 11.5. The lowest BCUT2D eigenvalue weighted by Gasteiger charge is -1.94. The molecule has 64 valence electrons. The van der Waals surface area contributed by atoms with Crippen LogP contribution in [0.1, 0.15) is 0 Å². The number of aliphatic carboxylic acids is 1. The zero-order valence-corrected chi connectivity index (χ0v) is 6.21. The molecule has 0 saturated carbocycles. The van der Waals surface area contributed by atoms with Gasteiger partial charge in [-0.2, -0.15) is 4.73 Å². The van der Waals surface area contributed by atoms with Gasteiger partial charge in [0.1, 0.15) is 6.54 Å². The summed E-state index contributed by atoms with van der Waals surface area (Å²) in [5.41, 5.74) is 0.222. The fourth-order valence-corrected chi connectivity index (χ4v) is 0.699. The van der Waals surface area contributed by atoms with Crippen LogP contribution in [0.15, 0.2) is 29.4 Å². The molecule has 0 fully saturated rings. The maximum Gasteiger partial charge on any atom is 0.325 e. The molecule has 1 aromatic heterocycles. The highest BCUT2D eigenvalue weighted by molar-refractivity contribution is 5.69. The van der Waals surface area contributed by atoms with E-state index in [1.807, 2.05) is 0 Å². The van der Waals surface area contributed by atoms with E-state index in [9.17, 15) is 4.79 Å². The molecule has 0 atom stereocenters. The summed E-state index contributed by atoms with van der Waals surface area (Å²) in [6, 6.07) is 4.79. The van der Waals surface area contributed by atoms with Crippen LogP contribution in [0.4, 0.5) is 0 Å². The van der Waals surface area contributed by atoms with E-state index < -0.39 is 5.97 Å². The summed E-state index contributed by atoms with van der Waals surface area (Å²) in [6.45, 7) is -0.343. The number of carbonyl (C=O) groups is 1. The van der Waals surface area contributed by atoms with E-state index in [4.69, 9.17) is 10.3 Å². The topological polar surface area (TPSA) is 74.8 Å². The second-order valence-corrected chi connectivity index (χ2v) is 2.11. The highest BCUT2D eigenvalue weighted by atomic mass is 16.5. The summed E-state index contributed by atoms with van der Waals surface area (Å²) >= 11 is 0. The lowest BCUT2D eigenvalue weighted by Crippen LogP contribution is -2.18. The standard InChI is InChI=1S/C7H8N2O3/c10-7(11)5-8-6-3-1-2-4-9(6)12/h1-4,12H,5H2,(H,10,11). The highest BCUT2D eigenvalue weighted by Gasteiger charge is 1.92. The first-order valence-corrected chi connectivity index (χ1v) is 3.29. The van der Waals surface area contributed by atoms with Gasteiger partial charge < -0.3 is 10.3 Å². The van der Waals surface area contributed by atoms with E-state index in [0.29, 0.717) is 0 Å². The van der Waals surface area contributed by atoms with Gasteiger partial charge in [0.15, 0.2) is 5.49 Å². The van der Waals surface area contributed by atoms with Crippen molar-refractivity contribution in [2.24, 2.45) is 4.99 Å². The largest absolute Gasteiger partial charge is 0.480 e. The van der Waals surface area contributed by atoms with Crippen molar-refractivity contribution < 1.29 is 15.1 Å². The van der Waals surface area contributed by atoms with E-state index in [1.165, 1.54) is 12.3 Å². The molecular weight excluding hydrogens is 160 g/mol. The fraction of sp³-hybridized carbons (Fsp3) is 0.143. The van der Waals surface area contributed by atoms with Crippen LogP contribution in [0.2, 0.25) is 0 Å². The third-order valence-electron chi connectivity index (χ3n) is 1.19. The molecule has 0 amide bonds. The molecule has 0 aliphatic carbocycles. The zero-order valence-electron chi connectivity index (χ0n) is 6.21. The lowest BCUT2D eigenvalue weighted by atomic mass is 10.5. The Labute approximate surface area is 68.2 Å². The van der Waals surface area contributed by atoms with Gasteiger partial charge in [-0.3, -0.25) is 9.79 Å². The Morgan fingerprint density at radius 3 is 2.92 bits per heavy atom. The van der Waals surface area contributed by atoms with E-state index in [0.717, 1.165) is 4.73 Å². The van der Waals surface area contributed by atoms with Crippen molar-refractivity contribution in [3.8, 4) is 0 Å². The number of aromatic nitrogens is 1. The Bertz CT molecular complexity index is 343. The molecule has 0 unspecified atom stereocenters. The van der Waals surface area contributed by atoms with Crippen LogP contribution >= 0.6 is 0 Å². The Hall–Kier alpha value is -1.78. The molecule has 5 nitrogen and oxygen atoms in total. The van der Waals surface area contributed by atoms with Crippen LogP contribution in [0.3, 0.4) is 0 Å². The van der Waals surface area contributed by atoms with Gasteiger partial charge in [0.25, 0.3) is 0 Å².